The first-order valence-corrected chi connectivity index (χ1v) is 10.9. The molecular formula is C23H29N3O5. The van der Waals surface area contributed by atoms with Crippen LogP contribution >= 0.6 is 0 Å². The van der Waals surface area contributed by atoms with Crippen LogP contribution < -0.4 is 16.0 Å². The van der Waals surface area contributed by atoms with Crippen molar-refractivity contribution < 1.29 is 23.9 Å². The number of imide groups is 1. The highest BCUT2D eigenvalue weighted by Gasteiger charge is 2.51. The third-order valence-electron chi connectivity index (χ3n) is 6.71. The molecule has 0 unspecified atom stereocenters. The predicted octanol–water partition coefficient (Wildman–Crippen LogP) is 2.06. The Morgan fingerprint density at radius 3 is 2.29 bits per heavy atom. The molecular weight excluding hydrogens is 398 g/mol. The van der Waals surface area contributed by atoms with Gasteiger partial charge >= 0.3 is 12.0 Å². The van der Waals surface area contributed by atoms with E-state index in [0.717, 1.165) is 24.8 Å². The fraction of sp³-hybridized carbons (Fsp3) is 0.565. The fourth-order valence-electron chi connectivity index (χ4n) is 5.94. The molecule has 1 aromatic carbocycles. The van der Waals surface area contributed by atoms with Crippen LogP contribution in [0.3, 0.4) is 0 Å². The number of benzene rings is 1. The summed E-state index contributed by atoms with van der Waals surface area (Å²) in [4.78, 5) is 48.2. The molecule has 4 bridgehead atoms. The molecule has 4 amide bonds. The number of rotatable bonds is 6. The second kappa shape index (κ2) is 8.69. The molecule has 8 heteroatoms. The van der Waals surface area contributed by atoms with Crippen molar-refractivity contribution >= 4 is 23.8 Å². The number of aryl methyl sites for hydroxylation is 1. The molecule has 8 nitrogen and oxygen atoms in total. The van der Waals surface area contributed by atoms with E-state index in [1.165, 1.54) is 19.3 Å². The van der Waals surface area contributed by atoms with Gasteiger partial charge in [0.25, 0.3) is 11.8 Å². The summed E-state index contributed by atoms with van der Waals surface area (Å²) in [5.41, 5.74) is 1.17. The lowest BCUT2D eigenvalue weighted by molar-refractivity contribution is -0.147. The molecule has 166 valence electrons. The van der Waals surface area contributed by atoms with Crippen LogP contribution in [0.15, 0.2) is 24.3 Å². The molecule has 31 heavy (non-hydrogen) atoms. The van der Waals surface area contributed by atoms with E-state index in [1.54, 1.807) is 18.2 Å². The topological polar surface area (TPSA) is 114 Å². The molecule has 0 atom stereocenters. The monoisotopic (exact) mass is 427 g/mol. The minimum Gasteiger partial charge on any atom is -0.454 e. The van der Waals surface area contributed by atoms with Gasteiger partial charge in [0.15, 0.2) is 6.61 Å². The maximum Gasteiger partial charge on any atom is 0.325 e. The number of hydrogen-bond donors (Lipinski definition) is 3. The molecule has 4 fully saturated rings. The van der Waals surface area contributed by atoms with E-state index in [0.29, 0.717) is 23.3 Å². The number of hydrogen-bond acceptors (Lipinski definition) is 5. The Kier molecular flexibility index (Phi) is 5.98. The summed E-state index contributed by atoms with van der Waals surface area (Å²) in [5, 5.41) is 7.74. The third-order valence-corrected chi connectivity index (χ3v) is 6.71. The zero-order valence-corrected chi connectivity index (χ0v) is 17.7. The lowest BCUT2D eigenvalue weighted by Gasteiger charge is -2.56. The number of esters is 1. The van der Waals surface area contributed by atoms with Gasteiger partial charge in [0, 0.05) is 11.1 Å². The van der Waals surface area contributed by atoms with E-state index in [9.17, 15) is 19.2 Å². The molecule has 4 saturated carbocycles. The Morgan fingerprint density at radius 2 is 1.68 bits per heavy atom. The SMILES string of the molecule is Cc1cccc(C(=O)NCC(=O)OCC(=O)NC(=O)NC23CC4CC(CC(C4)C2)C3)c1. The normalized spacial score (nSPS) is 28.0. The lowest BCUT2D eigenvalue weighted by Crippen LogP contribution is -2.62. The van der Waals surface area contributed by atoms with Crippen LogP contribution in [0.5, 0.6) is 0 Å². The molecule has 0 aliphatic heterocycles. The Hall–Kier alpha value is -2.90. The van der Waals surface area contributed by atoms with Gasteiger partial charge in [0.05, 0.1) is 0 Å². The third kappa shape index (κ3) is 5.24. The van der Waals surface area contributed by atoms with Gasteiger partial charge in [0.2, 0.25) is 0 Å². The molecule has 5 rings (SSSR count). The minimum atomic E-state index is -0.752. The standard InChI is InChI=1S/C23H29N3O5/c1-14-3-2-4-18(5-14)21(29)24-12-20(28)31-13-19(27)25-22(30)26-23-9-15-6-16(10-23)8-17(7-15)11-23/h2-5,15-17H,6-13H2,1H3,(H,24,29)(H2,25,26,27,30). The largest absolute Gasteiger partial charge is 0.454 e. The average Bonchev–Trinajstić information content (AvgIpc) is 2.69. The van der Waals surface area contributed by atoms with Crippen molar-refractivity contribution in [1.29, 1.82) is 0 Å². The van der Waals surface area contributed by atoms with Crippen molar-refractivity contribution in [2.45, 2.75) is 51.0 Å². The van der Waals surface area contributed by atoms with Crippen molar-refractivity contribution in [3.05, 3.63) is 35.4 Å². The molecule has 4 aliphatic rings. The maximum atomic E-state index is 12.3. The molecule has 0 radical (unpaired) electrons. The zero-order valence-electron chi connectivity index (χ0n) is 17.7. The number of carbonyl (C=O) groups excluding carboxylic acids is 4. The van der Waals surface area contributed by atoms with Gasteiger partial charge in [-0.05, 0) is 75.3 Å². The van der Waals surface area contributed by atoms with Crippen molar-refractivity contribution in [2.75, 3.05) is 13.2 Å². The summed E-state index contributed by atoms with van der Waals surface area (Å²) in [6.07, 6.45) is 6.73. The number of amides is 4. The second-order valence-corrected chi connectivity index (χ2v) is 9.41. The van der Waals surface area contributed by atoms with Crippen LogP contribution in [-0.2, 0) is 14.3 Å². The Balaban J connectivity index is 1.17. The first-order valence-electron chi connectivity index (χ1n) is 10.9. The number of nitrogens with one attached hydrogen (secondary N) is 3. The Bertz CT molecular complexity index is 862. The van der Waals surface area contributed by atoms with Crippen molar-refractivity contribution in [3.8, 4) is 0 Å². The van der Waals surface area contributed by atoms with Gasteiger partial charge < -0.3 is 15.4 Å². The van der Waals surface area contributed by atoms with Crippen LogP contribution in [0.2, 0.25) is 0 Å². The molecule has 1 aromatic rings. The van der Waals surface area contributed by atoms with Gasteiger partial charge in [-0.1, -0.05) is 17.7 Å². The Morgan fingerprint density at radius 1 is 1.03 bits per heavy atom. The van der Waals surface area contributed by atoms with E-state index in [2.05, 4.69) is 16.0 Å². The van der Waals surface area contributed by atoms with Crippen LogP contribution in [0.1, 0.15) is 54.4 Å². The van der Waals surface area contributed by atoms with E-state index in [-0.39, 0.29) is 12.1 Å². The van der Waals surface area contributed by atoms with E-state index in [4.69, 9.17) is 4.74 Å². The van der Waals surface area contributed by atoms with Crippen molar-refractivity contribution in [1.82, 2.24) is 16.0 Å². The quantitative estimate of drug-likeness (QED) is 0.602. The number of ether oxygens (including phenoxy) is 1. The van der Waals surface area contributed by atoms with Crippen LogP contribution in [0.25, 0.3) is 0 Å². The molecule has 0 spiro atoms. The van der Waals surface area contributed by atoms with Gasteiger partial charge in [-0.15, -0.1) is 0 Å². The van der Waals surface area contributed by atoms with Crippen molar-refractivity contribution in [2.24, 2.45) is 17.8 Å². The molecule has 0 heterocycles. The first kappa shape index (κ1) is 21.3. The number of carbonyl (C=O) groups is 4. The Labute approximate surface area is 181 Å². The van der Waals surface area contributed by atoms with Gasteiger partial charge in [0.1, 0.15) is 6.54 Å². The van der Waals surface area contributed by atoms with E-state index >= 15 is 0 Å². The molecule has 4 aliphatic carbocycles. The zero-order chi connectivity index (χ0) is 22.0. The summed E-state index contributed by atoms with van der Waals surface area (Å²) in [6, 6.07) is 6.43. The van der Waals surface area contributed by atoms with E-state index < -0.39 is 30.4 Å². The summed E-state index contributed by atoms with van der Waals surface area (Å²) >= 11 is 0. The first-order chi connectivity index (χ1) is 14.8. The summed E-state index contributed by atoms with van der Waals surface area (Å²) in [7, 11) is 0. The van der Waals surface area contributed by atoms with Gasteiger partial charge in [-0.3, -0.25) is 19.7 Å². The van der Waals surface area contributed by atoms with Crippen molar-refractivity contribution in [3.63, 3.8) is 0 Å². The summed E-state index contributed by atoms with van der Waals surface area (Å²) in [5.74, 6) is 0.188. The van der Waals surface area contributed by atoms with Crippen LogP contribution in [-0.4, -0.2) is 42.5 Å². The molecule has 3 N–H and O–H groups in total. The minimum absolute atomic E-state index is 0.199. The smallest absolute Gasteiger partial charge is 0.325 e. The predicted molar refractivity (Wildman–Crippen MR) is 112 cm³/mol. The highest BCUT2D eigenvalue weighted by molar-refractivity contribution is 5.97. The number of urea groups is 1. The van der Waals surface area contributed by atoms with Gasteiger partial charge in [-0.25, -0.2) is 4.79 Å². The molecule has 0 aromatic heterocycles. The maximum absolute atomic E-state index is 12.3. The lowest BCUT2D eigenvalue weighted by atomic mass is 9.53. The average molecular weight is 428 g/mol. The summed E-state index contributed by atoms with van der Waals surface area (Å²) < 4.78 is 4.86. The van der Waals surface area contributed by atoms with E-state index in [1.807, 2.05) is 13.0 Å². The highest BCUT2D eigenvalue weighted by atomic mass is 16.5. The van der Waals surface area contributed by atoms with Crippen LogP contribution in [0, 0.1) is 24.7 Å². The fourth-order valence-corrected chi connectivity index (χ4v) is 5.94. The van der Waals surface area contributed by atoms with Gasteiger partial charge in [-0.2, -0.15) is 0 Å². The second-order valence-electron chi connectivity index (χ2n) is 9.41. The molecule has 0 saturated heterocycles. The van der Waals surface area contributed by atoms with Crippen LogP contribution in [0.4, 0.5) is 4.79 Å². The summed E-state index contributed by atoms with van der Waals surface area (Å²) in [6.45, 7) is 0.927. The highest BCUT2D eigenvalue weighted by Crippen LogP contribution is 2.55.